The molecule has 0 saturated carbocycles. The molecule has 0 spiro atoms. The van der Waals surface area contributed by atoms with E-state index in [1.807, 2.05) is 24.9 Å². The van der Waals surface area contributed by atoms with Gasteiger partial charge in [-0.05, 0) is 25.8 Å². The molecule has 0 unspecified atom stereocenters. The molecule has 4 rings (SSSR count). The molecule has 1 saturated heterocycles. The van der Waals surface area contributed by atoms with Gasteiger partial charge in [0.2, 0.25) is 5.95 Å². The van der Waals surface area contributed by atoms with Gasteiger partial charge in [0.05, 0.1) is 36.2 Å². The molecule has 1 fully saturated rings. The Kier molecular flexibility index (Phi) is 4.39. The molecule has 8 heteroatoms. The smallest absolute Gasteiger partial charge is 0.266 e. The standard InChI is InChI=1S/C17H21N5O2S/c1-11-15(25-12(2)19-11)16(23)22-4-3-13-9-18-17(20-14(13)10-22)21-5-7-24-8-6-21/h9H,3-8,10H2,1-2H3. The van der Waals surface area contributed by atoms with Crippen molar-refractivity contribution in [3.8, 4) is 0 Å². The quantitative estimate of drug-likeness (QED) is 0.811. The Morgan fingerprint density at radius 2 is 2.00 bits per heavy atom. The van der Waals surface area contributed by atoms with Crippen LogP contribution in [0.1, 0.15) is 31.6 Å². The summed E-state index contributed by atoms with van der Waals surface area (Å²) in [6.07, 6.45) is 2.71. The van der Waals surface area contributed by atoms with Crippen molar-refractivity contribution in [1.29, 1.82) is 0 Å². The molecule has 25 heavy (non-hydrogen) atoms. The van der Waals surface area contributed by atoms with E-state index in [0.29, 0.717) is 26.3 Å². The highest BCUT2D eigenvalue weighted by molar-refractivity contribution is 7.13. The van der Waals surface area contributed by atoms with E-state index in [4.69, 9.17) is 9.72 Å². The SMILES string of the molecule is Cc1nc(C)c(C(=O)N2CCc3cnc(N4CCOCC4)nc3C2)s1. The number of hydrogen-bond donors (Lipinski definition) is 0. The number of aryl methyl sites for hydroxylation is 2. The van der Waals surface area contributed by atoms with Crippen molar-refractivity contribution in [2.24, 2.45) is 0 Å². The van der Waals surface area contributed by atoms with Crippen molar-refractivity contribution < 1.29 is 9.53 Å². The summed E-state index contributed by atoms with van der Waals surface area (Å²) < 4.78 is 5.39. The van der Waals surface area contributed by atoms with Gasteiger partial charge in [0, 0.05) is 25.8 Å². The van der Waals surface area contributed by atoms with Gasteiger partial charge >= 0.3 is 0 Å². The molecular formula is C17H21N5O2S. The summed E-state index contributed by atoms with van der Waals surface area (Å²) in [5.74, 6) is 0.793. The summed E-state index contributed by atoms with van der Waals surface area (Å²) in [5.41, 5.74) is 2.91. The second kappa shape index (κ2) is 6.68. The maximum atomic E-state index is 12.9. The van der Waals surface area contributed by atoms with Crippen LogP contribution in [-0.4, -0.2) is 58.6 Å². The molecule has 1 amide bonds. The van der Waals surface area contributed by atoms with Crippen LogP contribution >= 0.6 is 11.3 Å². The average molecular weight is 359 g/mol. The minimum Gasteiger partial charge on any atom is -0.378 e. The van der Waals surface area contributed by atoms with E-state index in [2.05, 4.69) is 14.9 Å². The van der Waals surface area contributed by atoms with Crippen molar-refractivity contribution in [3.63, 3.8) is 0 Å². The molecule has 2 aliphatic rings. The van der Waals surface area contributed by atoms with E-state index >= 15 is 0 Å². The van der Waals surface area contributed by atoms with E-state index < -0.39 is 0 Å². The van der Waals surface area contributed by atoms with Gasteiger partial charge in [0.25, 0.3) is 5.91 Å². The van der Waals surface area contributed by atoms with Crippen LogP contribution in [0, 0.1) is 13.8 Å². The van der Waals surface area contributed by atoms with Gasteiger partial charge in [0.15, 0.2) is 0 Å². The van der Waals surface area contributed by atoms with E-state index in [0.717, 1.165) is 52.3 Å². The molecule has 0 aromatic carbocycles. The molecule has 2 aromatic rings. The van der Waals surface area contributed by atoms with Gasteiger partial charge in [-0.1, -0.05) is 0 Å². The number of ether oxygens (including phenoxy) is 1. The first-order valence-corrected chi connectivity index (χ1v) is 9.34. The number of anilines is 1. The fourth-order valence-corrected chi connectivity index (χ4v) is 4.14. The number of fused-ring (bicyclic) bond motifs is 1. The number of carbonyl (C=O) groups excluding carboxylic acids is 1. The van der Waals surface area contributed by atoms with Crippen LogP contribution in [0.3, 0.4) is 0 Å². The maximum absolute atomic E-state index is 12.9. The Bertz CT molecular complexity index is 800. The van der Waals surface area contributed by atoms with Gasteiger partial charge in [0.1, 0.15) is 4.88 Å². The zero-order valence-corrected chi connectivity index (χ0v) is 15.3. The van der Waals surface area contributed by atoms with E-state index in [-0.39, 0.29) is 5.91 Å². The van der Waals surface area contributed by atoms with Gasteiger partial charge < -0.3 is 14.5 Å². The monoisotopic (exact) mass is 359 g/mol. The highest BCUT2D eigenvalue weighted by Crippen LogP contribution is 2.24. The third kappa shape index (κ3) is 3.23. The van der Waals surface area contributed by atoms with Crippen LogP contribution < -0.4 is 4.90 Å². The number of morpholine rings is 1. The average Bonchev–Trinajstić information content (AvgIpc) is 2.99. The molecule has 0 radical (unpaired) electrons. The number of thiazole rings is 1. The number of carbonyl (C=O) groups is 1. The van der Waals surface area contributed by atoms with Crippen molar-refractivity contribution in [2.75, 3.05) is 37.7 Å². The van der Waals surface area contributed by atoms with Crippen molar-refractivity contribution in [1.82, 2.24) is 19.9 Å². The molecule has 4 heterocycles. The molecule has 0 N–H and O–H groups in total. The van der Waals surface area contributed by atoms with Crippen LogP contribution in [0.4, 0.5) is 5.95 Å². The van der Waals surface area contributed by atoms with Gasteiger partial charge in [-0.2, -0.15) is 0 Å². The number of aromatic nitrogens is 3. The van der Waals surface area contributed by atoms with Crippen LogP contribution in [0.25, 0.3) is 0 Å². The molecule has 0 bridgehead atoms. The topological polar surface area (TPSA) is 71.5 Å². The fourth-order valence-electron chi connectivity index (χ4n) is 3.25. The van der Waals surface area contributed by atoms with Crippen LogP contribution in [0.15, 0.2) is 6.20 Å². The Hall–Kier alpha value is -2.06. The van der Waals surface area contributed by atoms with Crippen LogP contribution in [0.2, 0.25) is 0 Å². The molecule has 132 valence electrons. The number of amides is 1. The first-order chi connectivity index (χ1) is 12.1. The predicted octanol–water partition coefficient (Wildman–Crippen LogP) is 1.59. The third-order valence-corrected chi connectivity index (χ3v) is 5.67. The molecule has 0 aliphatic carbocycles. The first-order valence-electron chi connectivity index (χ1n) is 8.52. The lowest BCUT2D eigenvalue weighted by Gasteiger charge is -2.30. The zero-order valence-electron chi connectivity index (χ0n) is 14.5. The van der Waals surface area contributed by atoms with Crippen molar-refractivity contribution in [3.05, 3.63) is 33.0 Å². The minimum absolute atomic E-state index is 0.0558. The summed E-state index contributed by atoms with van der Waals surface area (Å²) in [6.45, 7) is 8.08. The number of hydrogen-bond acceptors (Lipinski definition) is 7. The van der Waals surface area contributed by atoms with Gasteiger partial charge in [-0.3, -0.25) is 4.79 Å². The summed E-state index contributed by atoms with van der Waals surface area (Å²) in [6, 6.07) is 0. The predicted molar refractivity (Wildman–Crippen MR) is 95.1 cm³/mol. The Labute approximate surface area is 150 Å². The lowest BCUT2D eigenvalue weighted by atomic mass is 10.1. The molecule has 2 aromatic heterocycles. The summed E-state index contributed by atoms with van der Waals surface area (Å²) >= 11 is 1.47. The lowest BCUT2D eigenvalue weighted by Crippen LogP contribution is -2.39. The molecule has 7 nitrogen and oxygen atoms in total. The largest absolute Gasteiger partial charge is 0.378 e. The van der Waals surface area contributed by atoms with E-state index in [1.165, 1.54) is 11.3 Å². The summed E-state index contributed by atoms with van der Waals surface area (Å²) in [4.78, 5) is 31.2. The lowest BCUT2D eigenvalue weighted by molar-refractivity contribution is 0.0735. The number of rotatable bonds is 2. The molecule has 2 aliphatic heterocycles. The third-order valence-electron chi connectivity index (χ3n) is 4.61. The second-order valence-corrected chi connectivity index (χ2v) is 7.57. The van der Waals surface area contributed by atoms with Gasteiger partial charge in [-0.25, -0.2) is 15.0 Å². The van der Waals surface area contributed by atoms with E-state index in [1.54, 1.807) is 0 Å². The highest BCUT2D eigenvalue weighted by atomic mass is 32.1. The summed E-state index contributed by atoms with van der Waals surface area (Å²) in [7, 11) is 0. The fraction of sp³-hybridized carbons (Fsp3) is 0.529. The Morgan fingerprint density at radius 3 is 2.72 bits per heavy atom. The molecular weight excluding hydrogens is 338 g/mol. The second-order valence-electron chi connectivity index (χ2n) is 6.37. The van der Waals surface area contributed by atoms with Crippen molar-refractivity contribution in [2.45, 2.75) is 26.8 Å². The van der Waals surface area contributed by atoms with Crippen molar-refractivity contribution >= 4 is 23.2 Å². The highest BCUT2D eigenvalue weighted by Gasteiger charge is 2.26. The molecule has 0 atom stereocenters. The van der Waals surface area contributed by atoms with Crippen LogP contribution in [-0.2, 0) is 17.7 Å². The maximum Gasteiger partial charge on any atom is 0.266 e. The first kappa shape index (κ1) is 16.4. The Balaban J connectivity index is 1.55. The summed E-state index contributed by atoms with van der Waals surface area (Å²) in [5, 5.41) is 0.926. The van der Waals surface area contributed by atoms with Gasteiger partial charge in [-0.15, -0.1) is 11.3 Å². The zero-order chi connectivity index (χ0) is 17.4. The van der Waals surface area contributed by atoms with E-state index in [9.17, 15) is 4.79 Å². The number of nitrogens with zero attached hydrogens (tertiary/aromatic N) is 5. The normalized spacial score (nSPS) is 17.5. The minimum atomic E-state index is 0.0558. The Morgan fingerprint density at radius 1 is 1.20 bits per heavy atom. The van der Waals surface area contributed by atoms with Crippen LogP contribution in [0.5, 0.6) is 0 Å².